The highest BCUT2D eigenvalue weighted by atomic mass is 32.1. The zero-order valence-electron chi connectivity index (χ0n) is 24.3. The molecule has 0 aliphatic heterocycles. The minimum atomic E-state index is -0.974. The number of fused-ring (bicyclic) bond motifs is 1. The Balaban J connectivity index is 2.01. The van der Waals surface area contributed by atoms with E-state index in [-0.39, 0.29) is 11.7 Å². The predicted molar refractivity (Wildman–Crippen MR) is 165 cm³/mol. The lowest BCUT2D eigenvalue weighted by atomic mass is 9.98. The number of carbonyl (C=O) groups is 3. The minimum absolute atomic E-state index is 0.0483. The fraction of sp³-hybridized carbons (Fsp3) is 0.406. The van der Waals surface area contributed by atoms with E-state index >= 15 is 0 Å². The van der Waals surface area contributed by atoms with Gasteiger partial charge in [-0.3, -0.25) is 9.59 Å². The van der Waals surface area contributed by atoms with Crippen molar-refractivity contribution < 1.29 is 19.1 Å². The summed E-state index contributed by atoms with van der Waals surface area (Å²) in [5.74, 6) is -0.684. The monoisotopic (exact) mass is 563 g/mol. The molecular formula is C32H41N3O4S. The van der Waals surface area contributed by atoms with Crippen molar-refractivity contribution in [3.63, 3.8) is 0 Å². The summed E-state index contributed by atoms with van der Waals surface area (Å²) < 4.78 is 5.38. The number of hydrogen-bond donors (Lipinski definition) is 3. The third-order valence-corrected chi connectivity index (χ3v) is 7.00. The molecule has 7 nitrogen and oxygen atoms in total. The molecule has 0 heterocycles. The van der Waals surface area contributed by atoms with Gasteiger partial charge in [-0.15, -0.1) is 0 Å². The van der Waals surface area contributed by atoms with E-state index < -0.39 is 29.7 Å². The summed E-state index contributed by atoms with van der Waals surface area (Å²) in [7, 11) is 0. The number of aryl methyl sites for hydroxylation is 2. The van der Waals surface area contributed by atoms with Crippen LogP contribution >= 0.6 is 12.6 Å². The van der Waals surface area contributed by atoms with E-state index in [1.165, 1.54) is 0 Å². The molecule has 0 aliphatic rings. The fourth-order valence-corrected chi connectivity index (χ4v) is 4.66. The summed E-state index contributed by atoms with van der Waals surface area (Å²) in [5.41, 5.74) is 2.71. The van der Waals surface area contributed by atoms with Gasteiger partial charge in [0.05, 0.1) is 0 Å². The van der Waals surface area contributed by atoms with E-state index in [2.05, 4.69) is 23.3 Å². The number of hydrogen-bond acceptors (Lipinski definition) is 5. The van der Waals surface area contributed by atoms with Crippen LogP contribution < -0.4 is 10.6 Å². The number of nitrogens with one attached hydrogen (secondary N) is 2. The largest absolute Gasteiger partial charge is 0.444 e. The van der Waals surface area contributed by atoms with Gasteiger partial charge in [-0.05, 0) is 80.6 Å². The van der Waals surface area contributed by atoms with E-state index in [0.717, 1.165) is 28.3 Å². The Morgan fingerprint density at radius 3 is 2.27 bits per heavy atom. The number of alkyl carbamates (subject to hydrolysis) is 1. The van der Waals surface area contributed by atoms with Crippen molar-refractivity contribution >= 4 is 47.0 Å². The maximum atomic E-state index is 14.0. The second-order valence-electron chi connectivity index (χ2n) is 11.1. The number of anilines is 1. The molecule has 0 fully saturated rings. The van der Waals surface area contributed by atoms with Gasteiger partial charge < -0.3 is 20.3 Å². The highest BCUT2D eigenvalue weighted by Crippen LogP contribution is 2.28. The van der Waals surface area contributed by atoms with Crippen LogP contribution in [-0.4, -0.2) is 46.7 Å². The van der Waals surface area contributed by atoms with Gasteiger partial charge in [0.15, 0.2) is 0 Å². The molecule has 0 saturated carbocycles. The number of nitrogens with zero attached hydrogens (tertiary/aromatic N) is 1. The second kappa shape index (κ2) is 13.7. The van der Waals surface area contributed by atoms with Crippen molar-refractivity contribution in [1.82, 2.24) is 10.2 Å². The lowest BCUT2D eigenvalue weighted by molar-refractivity contribution is -0.140. The maximum absolute atomic E-state index is 14.0. The molecule has 0 spiro atoms. The van der Waals surface area contributed by atoms with E-state index in [9.17, 15) is 14.4 Å². The average Bonchev–Trinajstić information content (AvgIpc) is 2.90. The molecule has 3 aromatic rings. The van der Waals surface area contributed by atoms with Gasteiger partial charge in [0.2, 0.25) is 5.91 Å². The van der Waals surface area contributed by atoms with E-state index in [4.69, 9.17) is 4.74 Å². The first-order chi connectivity index (χ1) is 18.9. The molecule has 0 radical (unpaired) electrons. The minimum Gasteiger partial charge on any atom is -0.444 e. The van der Waals surface area contributed by atoms with Crippen molar-refractivity contribution in [2.75, 3.05) is 17.6 Å². The highest BCUT2D eigenvalue weighted by molar-refractivity contribution is 7.80. The maximum Gasteiger partial charge on any atom is 0.408 e. The van der Waals surface area contributed by atoms with Crippen molar-refractivity contribution in [3.05, 3.63) is 77.4 Å². The second-order valence-corrected chi connectivity index (χ2v) is 11.4. The quantitative estimate of drug-likeness (QED) is 0.243. The normalized spacial score (nSPS) is 12.9. The zero-order chi connectivity index (χ0) is 29.4. The molecule has 0 aromatic heterocycles. The van der Waals surface area contributed by atoms with Crippen molar-refractivity contribution in [3.8, 4) is 0 Å². The Morgan fingerprint density at radius 1 is 0.950 bits per heavy atom. The van der Waals surface area contributed by atoms with Gasteiger partial charge in [0.25, 0.3) is 5.91 Å². The van der Waals surface area contributed by atoms with Crippen LogP contribution in [0.15, 0.2) is 60.7 Å². The van der Waals surface area contributed by atoms with Gasteiger partial charge in [-0.2, -0.15) is 12.6 Å². The van der Waals surface area contributed by atoms with Crippen LogP contribution in [0, 0.1) is 13.8 Å². The summed E-state index contributed by atoms with van der Waals surface area (Å²) in [4.78, 5) is 42.2. The summed E-state index contributed by atoms with van der Waals surface area (Å²) in [6.45, 7) is 11.6. The summed E-state index contributed by atoms with van der Waals surface area (Å²) in [5, 5.41) is 7.76. The van der Waals surface area contributed by atoms with E-state index in [0.29, 0.717) is 24.2 Å². The van der Waals surface area contributed by atoms with Gasteiger partial charge >= 0.3 is 6.09 Å². The SMILES string of the molecule is CCCCN(C(=O)C(CS)NC(=O)OC(C)(C)C)C(C(=O)Nc1ccc2ccccc2c1)c1ccc(C)c(C)c1. The summed E-state index contributed by atoms with van der Waals surface area (Å²) in [6.07, 6.45) is 0.793. The topological polar surface area (TPSA) is 87.7 Å². The Hall–Kier alpha value is -3.52. The fourth-order valence-electron chi connectivity index (χ4n) is 4.42. The lowest BCUT2D eigenvalue weighted by Crippen LogP contribution is -2.53. The Labute approximate surface area is 243 Å². The van der Waals surface area contributed by atoms with Crippen LogP contribution in [0.25, 0.3) is 10.8 Å². The summed E-state index contributed by atoms with van der Waals surface area (Å²) in [6, 6.07) is 17.5. The molecule has 2 N–H and O–H groups in total. The molecule has 3 rings (SSSR count). The third kappa shape index (κ3) is 8.24. The molecule has 8 heteroatoms. The van der Waals surface area contributed by atoms with Gasteiger partial charge in [0.1, 0.15) is 17.7 Å². The smallest absolute Gasteiger partial charge is 0.408 e. The number of benzene rings is 3. The molecular weight excluding hydrogens is 522 g/mol. The molecule has 0 bridgehead atoms. The van der Waals surface area contributed by atoms with Crippen LogP contribution in [0.3, 0.4) is 0 Å². The van der Waals surface area contributed by atoms with Crippen LogP contribution in [0.1, 0.15) is 63.3 Å². The molecule has 40 heavy (non-hydrogen) atoms. The van der Waals surface area contributed by atoms with Crippen LogP contribution in [0.5, 0.6) is 0 Å². The first kappa shape index (κ1) is 31.0. The van der Waals surface area contributed by atoms with Crippen molar-refractivity contribution in [2.24, 2.45) is 0 Å². The lowest BCUT2D eigenvalue weighted by Gasteiger charge is -2.34. The first-order valence-corrected chi connectivity index (χ1v) is 14.3. The zero-order valence-corrected chi connectivity index (χ0v) is 25.2. The van der Waals surface area contributed by atoms with Gasteiger partial charge in [-0.25, -0.2) is 4.79 Å². The molecule has 0 aliphatic carbocycles. The van der Waals surface area contributed by atoms with Gasteiger partial charge in [0, 0.05) is 18.0 Å². The molecule has 214 valence electrons. The molecule has 0 saturated heterocycles. The van der Waals surface area contributed by atoms with Crippen LogP contribution in [-0.2, 0) is 14.3 Å². The molecule has 3 amide bonds. The first-order valence-electron chi connectivity index (χ1n) is 13.7. The number of amides is 3. The number of thiol groups is 1. The average molecular weight is 564 g/mol. The highest BCUT2D eigenvalue weighted by Gasteiger charge is 2.36. The Bertz CT molecular complexity index is 1350. The standard InChI is InChI=1S/C32H41N3O4S/c1-7-8-17-35(30(37)27(20-40)34-31(38)39-32(4,5)6)28(25-14-13-21(2)22(3)18-25)29(36)33-26-16-15-23-11-9-10-12-24(23)19-26/h9-16,18-19,27-28,40H,7-8,17,20H2,1-6H3,(H,33,36)(H,34,38). The number of unbranched alkanes of at least 4 members (excludes halogenated alkanes) is 1. The van der Waals surface area contributed by atoms with E-state index in [1.807, 2.05) is 81.4 Å². The van der Waals surface area contributed by atoms with Crippen LogP contribution in [0.2, 0.25) is 0 Å². The molecule has 2 atom stereocenters. The third-order valence-electron chi connectivity index (χ3n) is 6.63. The summed E-state index contributed by atoms with van der Waals surface area (Å²) >= 11 is 4.36. The van der Waals surface area contributed by atoms with Crippen LogP contribution in [0.4, 0.5) is 10.5 Å². The molecule has 2 unspecified atom stereocenters. The number of rotatable bonds is 10. The Kier molecular flexibility index (Phi) is 10.6. The Morgan fingerprint density at radius 2 is 1.65 bits per heavy atom. The van der Waals surface area contributed by atoms with Gasteiger partial charge in [-0.1, -0.05) is 61.9 Å². The predicted octanol–water partition coefficient (Wildman–Crippen LogP) is 6.59. The number of ether oxygens (including phenoxy) is 1. The van der Waals surface area contributed by atoms with Crippen molar-refractivity contribution in [1.29, 1.82) is 0 Å². The van der Waals surface area contributed by atoms with Crippen molar-refractivity contribution in [2.45, 2.75) is 72.1 Å². The number of carbonyl (C=O) groups excluding carboxylic acids is 3. The van der Waals surface area contributed by atoms with E-state index in [1.54, 1.807) is 25.7 Å². The molecule has 3 aromatic carbocycles.